The van der Waals surface area contributed by atoms with Crippen LogP contribution < -0.4 is 5.32 Å². The van der Waals surface area contributed by atoms with Gasteiger partial charge in [-0.2, -0.15) is 0 Å². The molecule has 0 saturated carbocycles. The molecule has 0 radical (unpaired) electrons. The molecule has 1 saturated heterocycles. The maximum Gasteiger partial charge on any atom is 0.144 e. The predicted octanol–water partition coefficient (Wildman–Crippen LogP) is 1.77. The molecule has 1 aliphatic rings. The summed E-state index contributed by atoms with van der Waals surface area (Å²) >= 11 is 0. The third-order valence-electron chi connectivity index (χ3n) is 3.18. The lowest BCUT2D eigenvalue weighted by molar-refractivity contribution is -0.129. The van der Waals surface area contributed by atoms with Gasteiger partial charge in [-0.25, -0.2) is 0 Å². The molecule has 1 fully saturated rings. The Balaban J connectivity index is 2.77. The van der Waals surface area contributed by atoms with Crippen molar-refractivity contribution in [1.29, 1.82) is 0 Å². The van der Waals surface area contributed by atoms with Gasteiger partial charge in [0.1, 0.15) is 5.78 Å². The second-order valence-corrected chi connectivity index (χ2v) is 4.15. The van der Waals surface area contributed by atoms with Crippen molar-refractivity contribution in [3.8, 4) is 0 Å². The molecule has 1 atom stereocenters. The smallest absolute Gasteiger partial charge is 0.144 e. The average molecular weight is 181 g/mol. The minimum atomic E-state index is -0.117. The van der Waals surface area contributed by atoms with E-state index in [1.807, 2.05) is 0 Å². The van der Waals surface area contributed by atoms with Crippen LogP contribution in [-0.4, -0.2) is 18.9 Å². The van der Waals surface area contributed by atoms with Crippen molar-refractivity contribution >= 4 is 5.78 Å². The fourth-order valence-electron chi connectivity index (χ4n) is 2.10. The summed E-state index contributed by atoms with van der Waals surface area (Å²) in [6, 6.07) is 0. The monoisotopic (exact) mass is 181 g/mol. The number of carbonyl (C=O) groups is 1. The highest BCUT2D eigenvalue weighted by Gasteiger charge is 2.42. The molecule has 1 rings (SSSR count). The number of Topliss-reactive ketones (excluding diaryl/α,β-unsaturated/α-hetero) is 1. The first-order valence-electron chi connectivity index (χ1n) is 4.98. The van der Waals surface area contributed by atoms with Crippen molar-refractivity contribution < 1.29 is 4.79 Å². The van der Waals surface area contributed by atoms with Crippen molar-refractivity contribution in [1.82, 2.24) is 5.32 Å². The van der Waals surface area contributed by atoms with Gasteiger partial charge in [-0.05, 0) is 18.9 Å². The lowest BCUT2D eigenvalue weighted by Gasteiger charge is -2.30. The van der Waals surface area contributed by atoms with Gasteiger partial charge in [-0.1, -0.05) is 19.9 Å². The molecule has 0 spiro atoms. The number of carbonyl (C=O) groups excluding carboxylic acids is 1. The third kappa shape index (κ3) is 1.83. The van der Waals surface area contributed by atoms with Gasteiger partial charge in [0.2, 0.25) is 0 Å². The number of ketones is 1. The second-order valence-electron chi connectivity index (χ2n) is 4.15. The zero-order valence-electron chi connectivity index (χ0n) is 8.60. The molecule has 0 bridgehead atoms. The van der Waals surface area contributed by atoms with Crippen molar-refractivity contribution in [2.24, 2.45) is 11.3 Å². The van der Waals surface area contributed by atoms with E-state index in [1.54, 1.807) is 6.08 Å². The van der Waals surface area contributed by atoms with Gasteiger partial charge in [-0.15, -0.1) is 6.58 Å². The van der Waals surface area contributed by atoms with E-state index < -0.39 is 0 Å². The molecule has 0 amide bonds. The molecular formula is C11H19NO. The highest BCUT2D eigenvalue weighted by Crippen LogP contribution is 2.36. The molecule has 2 heteroatoms. The van der Waals surface area contributed by atoms with Gasteiger partial charge in [0, 0.05) is 18.4 Å². The topological polar surface area (TPSA) is 29.1 Å². The Morgan fingerprint density at radius 2 is 2.38 bits per heavy atom. The Bertz CT molecular complexity index is 202. The van der Waals surface area contributed by atoms with Crippen molar-refractivity contribution in [2.45, 2.75) is 26.7 Å². The van der Waals surface area contributed by atoms with Crippen molar-refractivity contribution in [3.63, 3.8) is 0 Å². The molecular weight excluding hydrogens is 162 g/mol. The van der Waals surface area contributed by atoms with Gasteiger partial charge in [0.05, 0.1) is 0 Å². The molecule has 1 N–H and O–H groups in total. The number of hydrogen-bond donors (Lipinski definition) is 1. The van der Waals surface area contributed by atoms with Gasteiger partial charge in [-0.3, -0.25) is 4.79 Å². The standard InChI is InChI=1S/C11H19NO/c1-4-5-10(13)11(9(2)3)6-7-12-8-11/h4,9,12H,1,5-8H2,2-3H3. The van der Waals surface area contributed by atoms with E-state index in [0.717, 1.165) is 19.5 Å². The summed E-state index contributed by atoms with van der Waals surface area (Å²) < 4.78 is 0. The van der Waals surface area contributed by atoms with E-state index in [1.165, 1.54) is 0 Å². The van der Waals surface area contributed by atoms with Gasteiger partial charge in [0.25, 0.3) is 0 Å². The summed E-state index contributed by atoms with van der Waals surface area (Å²) in [7, 11) is 0. The molecule has 74 valence electrons. The Labute approximate surface area is 80.4 Å². The lowest BCUT2D eigenvalue weighted by atomic mass is 9.72. The number of nitrogens with one attached hydrogen (secondary N) is 1. The molecule has 0 aromatic carbocycles. The maximum atomic E-state index is 11.9. The Morgan fingerprint density at radius 3 is 2.77 bits per heavy atom. The Hall–Kier alpha value is -0.630. The normalized spacial score (nSPS) is 27.9. The third-order valence-corrected chi connectivity index (χ3v) is 3.18. The van der Waals surface area contributed by atoms with Crippen molar-refractivity contribution in [3.05, 3.63) is 12.7 Å². The van der Waals surface area contributed by atoms with Crippen LogP contribution >= 0.6 is 0 Å². The maximum absolute atomic E-state index is 11.9. The first kappa shape index (κ1) is 10.5. The van der Waals surface area contributed by atoms with Gasteiger partial charge < -0.3 is 5.32 Å². The van der Waals surface area contributed by atoms with E-state index in [0.29, 0.717) is 18.1 Å². The van der Waals surface area contributed by atoms with Crippen LogP contribution in [0, 0.1) is 11.3 Å². The van der Waals surface area contributed by atoms with E-state index in [2.05, 4.69) is 25.7 Å². The highest BCUT2D eigenvalue weighted by molar-refractivity contribution is 5.86. The van der Waals surface area contributed by atoms with E-state index >= 15 is 0 Å². The van der Waals surface area contributed by atoms with E-state index in [4.69, 9.17) is 0 Å². The molecule has 0 aromatic heterocycles. The SMILES string of the molecule is C=CCC(=O)C1(C(C)C)CCNC1. The zero-order valence-corrected chi connectivity index (χ0v) is 8.60. The van der Waals surface area contributed by atoms with Gasteiger partial charge in [0.15, 0.2) is 0 Å². The lowest BCUT2D eigenvalue weighted by Crippen LogP contribution is -2.38. The zero-order chi connectivity index (χ0) is 9.90. The Kier molecular flexibility index (Phi) is 3.26. The number of rotatable bonds is 4. The summed E-state index contributed by atoms with van der Waals surface area (Å²) in [5.74, 6) is 0.775. The summed E-state index contributed by atoms with van der Waals surface area (Å²) in [6.07, 6.45) is 3.21. The van der Waals surface area contributed by atoms with Gasteiger partial charge >= 0.3 is 0 Å². The first-order chi connectivity index (χ1) is 6.13. The van der Waals surface area contributed by atoms with E-state index in [9.17, 15) is 4.79 Å². The molecule has 1 heterocycles. The second kappa shape index (κ2) is 4.05. The van der Waals surface area contributed by atoms with Crippen molar-refractivity contribution in [2.75, 3.05) is 13.1 Å². The minimum absolute atomic E-state index is 0.117. The van der Waals surface area contributed by atoms with Crippen LogP contribution in [0.4, 0.5) is 0 Å². The molecule has 1 aliphatic heterocycles. The molecule has 0 aromatic rings. The summed E-state index contributed by atoms with van der Waals surface area (Å²) in [6.45, 7) is 9.70. The Morgan fingerprint density at radius 1 is 1.69 bits per heavy atom. The fourth-order valence-corrected chi connectivity index (χ4v) is 2.10. The number of allylic oxidation sites excluding steroid dienone is 1. The fraction of sp³-hybridized carbons (Fsp3) is 0.727. The minimum Gasteiger partial charge on any atom is -0.316 e. The van der Waals surface area contributed by atoms with E-state index in [-0.39, 0.29) is 5.41 Å². The van der Waals surface area contributed by atoms with Crippen LogP contribution in [0.1, 0.15) is 26.7 Å². The molecule has 1 unspecified atom stereocenters. The molecule has 13 heavy (non-hydrogen) atoms. The molecule has 0 aliphatic carbocycles. The van der Waals surface area contributed by atoms with Crippen LogP contribution in [-0.2, 0) is 4.79 Å². The average Bonchev–Trinajstić information content (AvgIpc) is 2.53. The van der Waals surface area contributed by atoms with Crippen LogP contribution in [0.25, 0.3) is 0 Å². The van der Waals surface area contributed by atoms with Crippen LogP contribution in [0.5, 0.6) is 0 Å². The van der Waals surface area contributed by atoms with Crippen LogP contribution in [0.2, 0.25) is 0 Å². The first-order valence-corrected chi connectivity index (χ1v) is 4.98. The largest absolute Gasteiger partial charge is 0.316 e. The predicted molar refractivity (Wildman–Crippen MR) is 54.6 cm³/mol. The summed E-state index contributed by atoms with van der Waals surface area (Å²) in [5, 5.41) is 3.28. The summed E-state index contributed by atoms with van der Waals surface area (Å²) in [5.41, 5.74) is -0.117. The molecule has 2 nitrogen and oxygen atoms in total. The number of hydrogen-bond acceptors (Lipinski definition) is 2. The van der Waals surface area contributed by atoms with Crippen LogP contribution in [0.15, 0.2) is 12.7 Å². The quantitative estimate of drug-likeness (QED) is 0.670. The van der Waals surface area contributed by atoms with Crippen LogP contribution in [0.3, 0.4) is 0 Å². The summed E-state index contributed by atoms with van der Waals surface area (Å²) in [4.78, 5) is 11.9. The highest BCUT2D eigenvalue weighted by atomic mass is 16.1.